The quantitative estimate of drug-likeness (QED) is 0.434. The summed E-state index contributed by atoms with van der Waals surface area (Å²) in [4.78, 5) is 27.1. The number of amides is 3. The lowest BCUT2D eigenvalue weighted by molar-refractivity contribution is 0.0240. The van der Waals surface area contributed by atoms with Crippen LogP contribution >= 0.6 is 0 Å². The number of urea groups is 1. The number of rotatable bonds is 2. The number of hydrogen-bond acceptors (Lipinski definition) is 5. The summed E-state index contributed by atoms with van der Waals surface area (Å²) in [6.07, 6.45) is -0.269. The third kappa shape index (κ3) is 5.02. The maximum Gasteiger partial charge on any atom is 0.410 e. The molecule has 4 N–H and O–H groups in total. The molecule has 24 heavy (non-hydrogen) atoms. The lowest BCUT2D eigenvalue weighted by Gasteiger charge is -2.36. The summed E-state index contributed by atoms with van der Waals surface area (Å²) < 4.78 is 5.39. The molecule has 0 bridgehead atoms. The minimum atomic E-state index is -0.479. The van der Waals surface area contributed by atoms with Crippen LogP contribution in [0.5, 0.6) is 0 Å². The minimum absolute atomic E-state index is 0.269. The number of nitrogens with zero attached hydrogens (tertiary/aromatic N) is 2. The number of hydrogen-bond donors (Lipinski definition) is 3. The van der Waals surface area contributed by atoms with Gasteiger partial charge < -0.3 is 19.9 Å². The van der Waals surface area contributed by atoms with Crippen molar-refractivity contribution in [1.29, 1.82) is 0 Å². The Balaban J connectivity index is 1.88. The molecule has 0 atom stereocenters. The van der Waals surface area contributed by atoms with Crippen molar-refractivity contribution >= 4 is 23.5 Å². The van der Waals surface area contributed by atoms with E-state index in [4.69, 9.17) is 10.6 Å². The molecule has 1 aliphatic heterocycles. The summed E-state index contributed by atoms with van der Waals surface area (Å²) in [5, 5.41) is 2.60. The Hall–Kier alpha value is -2.48. The third-order valence-corrected chi connectivity index (χ3v) is 3.55. The Morgan fingerprint density at radius 2 is 1.67 bits per heavy atom. The van der Waals surface area contributed by atoms with Gasteiger partial charge in [0, 0.05) is 37.6 Å². The molecular formula is C16H25N5O3. The minimum Gasteiger partial charge on any atom is -0.444 e. The maximum atomic E-state index is 12.1. The molecule has 0 spiro atoms. The van der Waals surface area contributed by atoms with Gasteiger partial charge >= 0.3 is 12.1 Å². The van der Waals surface area contributed by atoms with E-state index >= 15 is 0 Å². The number of benzene rings is 1. The van der Waals surface area contributed by atoms with E-state index in [0.29, 0.717) is 18.8 Å². The van der Waals surface area contributed by atoms with Crippen LogP contribution in [0.4, 0.5) is 21.0 Å². The van der Waals surface area contributed by atoms with Crippen molar-refractivity contribution in [3.05, 3.63) is 24.3 Å². The molecule has 1 aromatic rings. The molecule has 0 aliphatic carbocycles. The molecule has 8 heteroatoms. The molecule has 1 aliphatic rings. The number of nitrogens with one attached hydrogen (secondary N) is 2. The summed E-state index contributed by atoms with van der Waals surface area (Å²) in [6, 6.07) is 7.01. The predicted octanol–water partition coefficient (Wildman–Crippen LogP) is 1.74. The van der Waals surface area contributed by atoms with Crippen LogP contribution in [0, 0.1) is 0 Å². The van der Waals surface area contributed by atoms with Crippen LogP contribution in [-0.2, 0) is 4.74 Å². The molecule has 132 valence electrons. The first-order valence-corrected chi connectivity index (χ1v) is 7.89. The zero-order chi connectivity index (χ0) is 17.7. The fraction of sp³-hybridized carbons (Fsp3) is 0.500. The third-order valence-electron chi connectivity index (χ3n) is 3.55. The van der Waals surface area contributed by atoms with Crippen molar-refractivity contribution in [2.24, 2.45) is 5.84 Å². The maximum absolute atomic E-state index is 12.1. The highest BCUT2D eigenvalue weighted by Crippen LogP contribution is 2.20. The highest BCUT2D eigenvalue weighted by atomic mass is 16.6. The van der Waals surface area contributed by atoms with E-state index in [-0.39, 0.29) is 6.09 Å². The van der Waals surface area contributed by atoms with Gasteiger partial charge in [-0.05, 0) is 45.0 Å². The lowest BCUT2D eigenvalue weighted by Crippen LogP contribution is -2.50. The Morgan fingerprint density at radius 3 is 2.17 bits per heavy atom. The molecule has 0 saturated carbocycles. The van der Waals surface area contributed by atoms with Crippen molar-refractivity contribution in [2.45, 2.75) is 26.4 Å². The highest BCUT2D eigenvalue weighted by molar-refractivity contribution is 5.88. The van der Waals surface area contributed by atoms with E-state index in [1.54, 1.807) is 4.90 Å². The van der Waals surface area contributed by atoms with Crippen LogP contribution in [0.25, 0.3) is 0 Å². The van der Waals surface area contributed by atoms with Crippen molar-refractivity contribution < 1.29 is 14.3 Å². The van der Waals surface area contributed by atoms with Gasteiger partial charge in [0.15, 0.2) is 0 Å². The first kappa shape index (κ1) is 17.9. The van der Waals surface area contributed by atoms with Crippen LogP contribution in [0.2, 0.25) is 0 Å². The molecular weight excluding hydrogens is 310 g/mol. The fourth-order valence-corrected chi connectivity index (χ4v) is 2.40. The van der Waals surface area contributed by atoms with Gasteiger partial charge in [0.05, 0.1) is 0 Å². The largest absolute Gasteiger partial charge is 0.444 e. The van der Waals surface area contributed by atoms with Gasteiger partial charge in [-0.25, -0.2) is 15.4 Å². The van der Waals surface area contributed by atoms with Gasteiger partial charge in [0.2, 0.25) is 0 Å². The summed E-state index contributed by atoms with van der Waals surface area (Å²) in [5.41, 5.74) is 3.23. The SMILES string of the molecule is CC(C)(C)OC(=O)N1CCN(c2ccc(NC(=O)NN)cc2)CC1. The molecule has 2 rings (SSSR count). The summed E-state index contributed by atoms with van der Waals surface area (Å²) in [7, 11) is 0. The smallest absolute Gasteiger partial charge is 0.410 e. The number of nitrogens with two attached hydrogens (primary N) is 1. The number of hydrazine groups is 1. The summed E-state index contributed by atoms with van der Waals surface area (Å²) in [5.74, 6) is 5.03. The van der Waals surface area contributed by atoms with Gasteiger partial charge in [0.25, 0.3) is 0 Å². The zero-order valence-corrected chi connectivity index (χ0v) is 14.3. The molecule has 1 saturated heterocycles. The molecule has 8 nitrogen and oxygen atoms in total. The van der Waals surface area contributed by atoms with Gasteiger partial charge in [-0.15, -0.1) is 0 Å². The van der Waals surface area contributed by atoms with E-state index in [2.05, 4.69) is 10.2 Å². The molecule has 0 radical (unpaired) electrons. The molecule has 0 aromatic heterocycles. The van der Waals surface area contributed by atoms with Gasteiger partial charge in [-0.3, -0.25) is 5.43 Å². The number of carbonyl (C=O) groups is 2. The van der Waals surface area contributed by atoms with E-state index in [9.17, 15) is 9.59 Å². The summed E-state index contributed by atoms with van der Waals surface area (Å²) in [6.45, 7) is 8.28. The number of anilines is 2. The second kappa shape index (κ2) is 7.39. The Labute approximate surface area is 141 Å². The Bertz CT molecular complexity index is 574. The van der Waals surface area contributed by atoms with Crippen LogP contribution in [0.15, 0.2) is 24.3 Å². The summed E-state index contributed by atoms with van der Waals surface area (Å²) >= 11 is 0. The molecule has 1 fully saturated rings. The van der Waals surface area contributed by atoms with Crippen molar-refractivity contribution in [3.8, 4) is 0 Å². The first-order chi connectivity index (χ1) is 11.3. The first-order valence-electron chi connectivity index (χ1n) is 7.89. The normalized spacial score (nSPS) is 15.0. The van der Waals surface area contributed by atoms with Crippen LogP contribution in [0.1, 0.15) is 20.8 Å². The Kier molecular flexibility index (Phi) is 5.50. The van der Waals surface area contributed by atoms with Crippen molar-refractivity contribution in [3.63, 3.8) is 0 Å². The van der Waals surface area contributed by atoms with Gasteiger partial charge in [-0.1, -0.05) is 0 Å². The number of piperazine rings is 1. The van der Waals surface area contributed by atoms with E-state index < -0.39 is 11.6 Å². The monoisotopic (exact) mass is 335 g/mol. The van der Waals surface area contributed by atoms with E-state index in [1.165, 1.54) is 0 Å². The van der Waals surface area contributed by atoms with Gasteiger partial charge in [0.1, 0.15) is 5.60 Å². The highest BCUT2D eigenvalue weighted by Gasteiger charge is 2.25. The standard InChI is InChI=1S/C16H25N5O3/c1-16(2,3)24-15(23)21-10-8-20(9-11-21)13-6-4-12(5-7-13)18-14(22)19-17/h4-7H,8-11,17H2,1-3H3,(H2,18,19,22). The number of ether oxygens (including phenoxy) is 1. The Morgan fingerprint density at radius 1 is 1.08 bits per heavy atom. The molecule has 1 aromatic carbocycles. The van der Waals surface area contributed by atoms with E-state index in [1.807, 2.05) is 50.5 Å². The topological polar surface area (TPSA) is 99.9 Å². The second-order valence-electron chi connectivity index (χ2n) is 6.60. The van der Waals surface area contributed by atoms with Crippen molar-refractivity contribution in [2.75, 3.05) is 36.4 Å². The predicted molar refractivity (Wildman–Crippen MR) is 92.8 cm³/mol. The van der Waals surface area contributed by atoms with Crippen LogP contribution < -0.4 is 21.5 Å². The van der Waals surface area contributed by atoms with Crippen LogP contribution in [0.3, 0.4) is 0 Å². The van der Waals surface area contributed by atoms with Crippen LogP contribution in [-0.4, -0.2) is 48.8 Å². The fourth-order valence-electron chi connectivity index (χ4n) is 2.40. The average Bonchev–Trinajstić information content (AvgIpc) is 2.54. The lowest BCUT2D eigenvalue weighted by atomic mass is 10.2. The van der Waals surface area contributed by atoms with Crippen molar-refractivity contribution in [1.82, 2.24) is 10.3 Å². The average molecular weight is 335 g/mol. The molecule has 0 unspecified atom stereocenters. The second-order valence-corrected chi connectivity index (χ2v) is 6.60. The number of carbonyl (C=O) groups excluding carboxylic acids is 2. The molecule has 1 heterocycles. The zero-order valence-electron chi connectivity index (χ0n) is 14.3. The van der Waals surface area contributed by atoms with E-state index in [0.717, 1.165) is 18.8 Å². The van der Waals surface area contributed by atoms with Gasteiger partial charge in [-0.2, -0.15) is 0 Å². The molecule has 3 amide bonds.